The van der Waals surface area contributed by atoms with Gasteiger partial charge < -0.3 is 9.47 Å². The molecule has 0 spiro atoms. The van der Waals surface area contributed by atoms with Gasteiger partial charge in [-0.15, -0.1) is 0 Å². The zero-order chi connectivity index (χ0) is 13.4. The van der Waals surface area contributed by atoms with E-state index in [1.165, 1.54) is 14.2 Å². The number of hydrogen-bond donors (Lipinski definition) is 1. The predicted molar refractivity (Wildman–Crippen MR) is 66.1 cm³/mol. The summed E-state index contributed by atoms with van der Waals surface area (Å²) in [5.74, 6) is -1.24. The number of hydrogen-bond acceptors (Lipinski definition) is 6. The fraction of sp³-hybridized carbons (Fsp3) is 0.250. The molecule has 0 saturated carbocycles. The Morgan fingerprint density at radius 1 is 1.17 bits per heavy atom. The van der Waals surface area contributed by atoms with Gasteiger partial charge in [-0.05, 0) is 12.1 Å². The Hall–Kier alpha value is -2.37. The summed E-state index contributed by atoms with van der Waals surface area (Å²) < 4.78 is 9.00. The van der Waals surface area contributed by atoms with Gasteiger partial charge in [-0.2, -0.15) is 5.10 Å². The molecule has 0 aliphatic carbocycles. The molecule has 0 unspecified atom stereocenters. The van der Waals surface area contributed by atoms with Gasteiger partial charge in [0.2, 0.25) is 0 Å². The highest BCUT2D eigenvalue weighted by atomic mass is 16.5. The fourth-order valence-corrected chi connectivity index (χ4v) is 1.13. The van der Waals surface area contributed by atoms with Gasteiger partial charge in [0.15, 0.2) is 5.71 Å². The molecule has 18 heavy (non-hydrogen) atoms. The Balaban J connectivity index is 2.76. The zero-order valence-corrected chi connectivity index (χ0v) is 10.2. The minimum Gasteiger partial charge on any atom is -0.469 e. The van der Waals surface area contributed by atoms with Crippen LogP contribution < -0.4 is 5.43 Å². The van der Waals surface area contributed by atoms with Gasteiger partial charge in [0.25, 0.3) is 0 Å². The van der Waals surface area contributed by atoms with Gasteiger partial charge in [-0.3, -0.25) is 10.2 Å². The Kier molecular flexibility index (Phi) is 5.37. The second-order valence-electron chi connectivity index (χ2n) is 3.28. The Morgan fingerprint density at radius 2 is 1.83 bits per heavy atom. The molecule has 0 amide bonds. The molecule has 0 radical (unpaired) electrons. The highest BCUT2D eigenvalue weighted by Gasteiger charge is 2.16. The summed E-state index contributed by atoms with van der Waals surface area (Å²) in [5, 5.41) is 3.84. The average Bonchev–Trinajstić information content (AvgIpc) is 2.43. The molecule has 0 aliphatic rings. The Morgan fingerprint density at radius 3 is 2.39 bits per heavy atom. The van der Waals surface area contributed by atoms with E-state index in [0.717, 1.165) is 0 Å². The molecule has 1 rings (SSSR count). The summed E-state index contributed by atoms with van der Waals surface area (Å²) in [6, 6.07) is 9.03. The minimum absolute atomic E-state index is 0.0480. The van der Waals surface area contributed by atoms with Crippen LogP contribution in [0.2, 0.25) is 0 Å². The molecule has 0 saturated heterocycles. The van der Waals surface area contributed by atoms with Crippen molar-refractivity contribution in [1.29, 1.82) is 0 Å². The average molecular weight is 250 g/mol. The van der Waals surface area contributed by atoms with Crippen LogP contribution in [0.25, 0.3) is 0 Å². The Labute approximate surface area is 105 Å². The first-order valence-electron chi connectivity index (χ1n) is 5.20. The van der Waals surface area contributed by atoms with Crippen molar-refractivity contribution in [1.82, 2.24) is 0 Å². The van der Waals surface area contributed by atoms with Crippen LogP contribution >= 0.6 is 0 Å². The van der Waals surface area contributed by atoms with E-state index >= 15 is 0 Å². The van der Waals surface area contributed by atoms with Crippen molar-refractivity contribution in [3.05, 3.63) is 30.3 Å². The maximum atomic E-state index is 11.4. The topological polar surface area (TPSA) is 77.0 Å². The van der Waals surface area contributed by atoms with Crippen molar-refractivity contribution >= 4 is 23.3 Å². The number of anilines is 1. The molecule has 0 heterocycles. The number of carbonyl (C=O) groups excluding carboxylic acids is 2. The van der Waals surface area contributed by atoms with Crippen molar-refractivity contribution in [3.63, 3.8) is 0 Å². The highest BCUT2D eigenvalue weighted by Crippen LogP contribution is 2.05. The van der Waals surface area contributed by atoms with Crippen LogP contribution in [0.3, 0.4) is 0 Å². The lowest BCUT2D eigenvalue weighted by atomic mass is 10.3. The van der Waals surface area contributed by atoms with Gasteiger partial charge in [0.1, 0.15) is 0 Å². The minimum atomic E-state index is -0.677. The molecule has 96 valence electrons. The van der Waals surface area contributed by atoms with E-state index in [-0.39, 0.29) is 12.1 Å². The molecular weight excluding hydrogens is 236 g/mol. The van der Waals surface area contributed by atoms with Crippen LogP contribution in [0.15, 0.2) is 35.4 Å². The molecule has 0 fully saturated rings. The maximum Gasteiger partial charge on any atom is 0.354 e. The van der Waals surface area contributed by atoms with Gasteiger partial charge in [0, 0.05) is 0 Å². The van der Waals surface area contributed by atoms with Crippen LogP contribution in [0.4, 0.5) is 5.69 Å². The predicted octanol–water partition coefficient (Wildman–Crippen LogP) is 1.19. The van der Waals surface area contributed by atoms with E-state index in [1.54, 1.807) is 12.1 Å². The number of rotatable bonds is 5. The summed E-state index contributed by atoms with van der Waals surface area (Å²) in [5.41, 5.74) is 3.32. The number of methoxy groups -OCH3 is 2. The number of nitrogens with one attached hydrogen (secondary N) is 1. The lowest BCUT2D eigenvalue weighted by Crippen LogP contribution is -2.21. The Bertz CT molecular complexity index is 443. The molecule has 1 N–H and O–H groups in total. The van der Waals surface area contributed by atoms with Crippen LogP contribution in [0.5, 0.6) is 0 Å². The van der Waals surface area contributed by atoms with Gasteiger partial charge >= 0.3 is 11.9 Å². The van der Waals surface area contributed by atoms with Crippen LogP contribution in [0.1, 0.15) is 6.42 Å². The summed E-state index contributed by atoms with van der Waals surface area (Å²) in [7, 11) is 2.46. The SMILES string of the molecule is COC(=O)C/C(=N/Nc1ccccc1)C(=O)OC. The highest BCUT2D eigenvalue weighted by molar-refractivity contribution is 6.39. The summed E-state index contributed by atoms with van der Waals surface area (Å²) in [6.07, 6.45) is -0.247. The van der Waals surface area contributed by atoms with Crippen molar-refractivity contribution < 1.29 is 19.1 Å². The van der Waals surface area contributed by atoms with E-state index < -0.39 is 11.9 Å². The molecule has 6 nitrogen and oxygen atoms in total. The third-order valence-corrected chi connectivity index (χ3v) is 2.05. The van der Waals surface area contributed by atoms with Crippen molar-refractivity contribution in [3.8, 4) is 0 Å². The summed E-state index contributed by atoms with van der Waals surface area (Å²) in [4.78, 5) is 22.5. The number of hydrazone groups is 1. The quantitative estimate of drug-likeness (QED) is 0.482. The molecular formula is C12H14N2O4. The van der Waals surface area contributed by atoms with E-state index in [1.807, 2.05) is 18.2 Å². The smallest absolute Gasteiger partial charge is 0.354 e. The maximum absolute atomic E-state index is 11.4. The van der Waals surface area contributed by atoms with Crippen LogP contribution in [-0.4, -0.2) is 31.9 Å². The molecule has 1 aromatic carbocycles. The van der Waals surface area contributed by atoms with E-state index in [0.29, 0.717) is 5.69 Å². The molecule has 0 bridgehead atoms. The molecule has 0 aromatic heterocycles. The van der Waals surface area contributed by atoms with Crippen LogP contribution in [-0.2, 0) is 19.1 Å². The van der Waals surface area contributed by atoms with E-state index in [4.69, 9.17) is 0 Å². The van der Waals surface area contributed by atoms with Crippen LogP contribution in [0, 0.1) is 0 Å². The normalized spacial score (nSPS) is 10.7. The molecule has 6 heteroatoms. The first kappa shape index (κ1) is 13.7. The number of esters is 2. The third kappa shape index (κ3) is 4.25. The van der Waals surface area contributed by atoms with Crippen molar-refractivity contribution in [2.24, 2.45) is 5.10 Å². The number of para-hydroxylation sites is 1. The molecule has 1 aromatic rings. The number of ether oxygens (including phenoxy) is 2. The number of nitrogens with zero attached hydrogens (tertiary/aromatic N) is 1. The number of benzene rings is 1. The van der Waals surface area contributed by atoms with Gasteiger partial charge in [0.05, 0.1) is 26.3 Å². The van der Waals surface area contributed by atoms with Gasteiger partial charge in [-0.1, -0.05) is 18.2 Å². The van der Waals surface area contributed by atoms with Gasteiger partial charge in [-0.25, -0.2) is 4.79 Å². The monoisotopic (exact) mass is 250 g/mol. The van der Waals surface area contributed by atoms with E-state index in [2.05, 4.69) is 20.0 Å². The first-order chi connectivity index (χ1) is 8.67. The zero-order valence-electron chi connectivity index (χ0n) is 10.2. The second-order valence-corrected chi connectivity index (χ2v) is 3.28. The van der Waals surface area contributed by atoms with Crippen molar-refractivity contribution in [2.75, 3.05) is 19.6 Å². The second kappa shape index (κ2) is 7.05. The number of carbonyl (C=O) groups is 2. The van der Waals surface area contributed by atoms with Crippen molar-refractivity contribution in [2.45, 2.75) is 6.42 Å². The first-order valence-corrected chi connectivity index (χ1v) is 5.20. The molecule has 0 aliphatic heterocycles. The third-order valence-electron chi connectivity index (χ3n) is 2.05. The summed E-state index contributed by atoms with van der Waals surface area (Å²) >= 11 is 0. The summed E-state index contributed by atoms with van der Waals surface area (Å²) in [6.45, 7) is 0. The molecule has 0 atom stereocenters. The largest absolute Gasteiger partial charge is 0.469 e. The lowest BCUT2D eigenvalue weighted by Gasteiger charge is -2.05. The fourth-order valence-electron chi connectivity index (χ4n) is 1.13. The lowest BCUT2D eigenvalue weighted by molar-refractivity contribution is -0.140. The standard InChI is InChI=1S/C12H14N2O4/c1-17-11(15)8-10(12(16)18-2)14-13-9-6-4-3-5-7-9/h3-7,13H,8H2,1-2H3/b14-10-. The van der Waals surface area contributed by atoms with E-state index in [9.17, 15) is 9.59 Å².